The molecule has 1 amide bonds. The molecule has 1 heterocycles. The van der Waals surface area contributed by atoms with E-state index in [1.807, 2.05) is 54.2 Å². The monoisotopic (exact) mass is 468 g/mol. The SMILES string of the molecule is C[n+]1ccc(Nc2ccc(C(=O)Nc3ccc(N=C(N)N=C(N)N)cc3)cc2)c2cc(N)ccc21. The molecule has 0 radical (unpaired) electrons. The number of aromatic nitrogens is 1. The molecular formula is C25H26N9O+. The molecule has 1 aromatic heterocycles. The predicted octanol–water partition coefficient (Wildman–Crippen LogP) is 2.46. The number of anilines is 4. The van der Waals surface area contributed by atoms with Crippen molar-refractivity contribution in [3.8, 4) is 0 Å². The molecule has 0 bridgehead atoms. The number of amides is 1. The summed E-state index contributed by atoms with van der Waals surface area (Å²) in [6.45, 7) is 0. The van der Waals surface area contributed by atoms with Gasteiger partial charge in [0, 0.05) is 34.8 Å². The summed E-state index contributed by atoms with van der Waals surface area (Å²) in [6.07, 6.45) is 1.98. The van der Waals surface area contributed by atoms with Gasteiger partial charge in [-0.2, -0.15) is 4.99 Å². The molecule has 0 spiro atoms. The number of hydrogen-bond donors (Lipinski definition) is 6. The Balaban J connectivity index is 1.44. The van der Waals surface area contributed by atoms with Crippen LogP contribution in [0.5, 0.6) is 0 Å². The molecule has 0 saturated carbocycles. The Bertz CT molecular complexity index is 1440. The van der Waals surface area contributed by atoms with Gasteiger partial charge in [-0.05, 0) is 60.7 Å². The average Bonchev–Trinajstić information content (AvgIpc) is 2.82. The third kappa shape index (κ3) is 5.63. The van der Waals surface area contributed by atoms with Crippen LogP contribution >= 0.6 is 0 Å². The quantitative estimate of drug-likeness (QED) is 0.113. The van der Waals surface area contributed by atoms with Crippen molar-refractivity contribution in [3.63, 3.8) is 0 Å². The number of hydrogen-bond acceptors (Lipinski definition) is 4. The van der Waals surface area contributed by atoms with E-state index in [0.29, 0.717) is 22.6 Å². The van der Waals surface area contributed by atoms with Gasteiger partial charge in [0.15, 0.2) is 12.2 Å². The fraction of sp³-hybridized carbons (Fsp3) is 0.0400. The molecule has 10 nitrogen and oxygen atoms in total. The summed E-state index contributed by atoms with van der Waals surface area (Å²) >= 11 is 0. The van der Waals surface area contributed by atoms with Gasteiger partial charge in [0.05, 0.1) is 16.8 Å². The standard InChI is InChI=1S/C25H25N9O/c1-34-13-12-21(20-14-16(26)4-11-22(20)34)30-17-5-2-15(3-6-17)23(35)31-18-7-9-19(10-8-18)32-25(29)33-24(27)28/h2-14H,26H2,1H3,(H7,27,28,29,31,32,33,35)/p+1. The van der Waals surface area contributed by atoms with Crippen LogP contribution in [0.2, 0.25) is 0 Å². The highest BCUT2D eigenvalue weighted by molar-refractivity contribution is 6.04. The summed E-state index contributed by atoms with van der Waals surface area (Å²) in [6, 6.07) is 21.8. The fourth-order valence-corrected chi connectivity index (χ4v) is 3.51. The molecule has 3 aromatic carbocycles. The second kappa shape index (κ2) is 9.79. The minimum atomic E-state index is -0.238. The van der Waals surface area contributed by atoms with Crippen LogP contribution < -0.4 is 38.1 Å². The van der Waals surface area contributed by atoms with Crippen LogP contribution in [0.1, 0.15) is 10.4 Å². The number of nitrogen functional groups attached to an aromatic ring is 1. The first kappa shape index (κ1) is 23.1. The maximum Gasteiger partial charge on any atom is 0.255 e. The average molecular weight is 469 g/mol. The molecule has 10 N–H and O–H groups in total. The number of carbonyl (C=O) groups is 1. The summed E-state index contributed by atoms with van der Waals surface area (Å²) in [5, 5.41) is 7.26. The van der Waals surface area contributed by atoms with E-state index in [9.17, 15) is 4.79 Å². The van der Waals surface area contributed by atoms with Gasteiger partial charge in [-0.3, -0.25) is 4.79 Å². The van der Waals surface area contributed by atoms with Crippen molar-refractivity contribution in [2.75, 3.05) is 16.4 Å². The topological polar surface area (TPSA) is 174 Å². The molecule has 4 rings (SSSR count). The fourth-order valence-electron chi connectivity index (χ4n) is 3.51. The van der Waals surface area contributed by atoms with E-state index in [-0.39, 0.29) is 17.8 Å². The summed E-state index contributed by atoms with van der Waals surface area (Å²) in [7, 11) is 1.98. The Morgan fingerprint density at radius 2 is 1.57 bits per heavy atom. The van der Waals surface area contributed by atoms with E-state index in [1.54, 1.807) is 36.4 Å². The maximum absolute atomic E-state index is 12.7. The predicted molar refractivity (Wildman–Crippen MR) is 141 cm³/mol. The van der Waals surface area contributed by atoms with E-state index in [2.05, 4.69) is 20.6 Å². The molecule has 0 aliphatic heterocycles. The molecule has 0 fully saturated rings. The van der Waals surface area contributed by atoms with E-state index < -0.39 is 0 Å². The van der Waals surface area contributed by atoms with Crippen molar-refractivity contribution in [1.82, 2.24) is 0 Å². The van der Waals surface area contributed by atoms with Crippen LogP contribution in [-0.4, -0.2) is 17.8 Å². The summed E-state index contributed by atoms with van der Waals surface area (Å²) in [4.78, 5) is 20.4. The second-order valence-electron chi connectivity index (χ2n) is 7.83. The Labute approximate surface area is 202 Å². The third-order valence-corrected chi connectivity index (χ3v) is 5.19. The van der Waals surface area contributed by atoms with Gasteiger partial charge in [-0.25, -0.2) is 9.56 Å². The first-order valence-corrected chi connectivity index (χ1v) is 10.7. The zero-order chi connectivity index (χ0) is 24.9. The molecule has 0 aliphatic carbocycles. The Morgan fingerprint density at radius 3 is 2.26 bits per heavy atom. The summed E-state index contributed by atoms with van der Waals surface area (Å²) in [5.41, 5.74) is 27.3. The molecule has 0 unspecified atom stereocenters. The number of aryl methyl sites for hydroxylation is 1. The minimum Gasteiger partial charge on any atom is -0.399 e. The van der Waals surface area contributed by atoms with Crippen molar-refractivity contribution in [1.29, 1.82) is 0 Å². The minimum absolute atomic E-state index is 0.0589. The number of fused-ring (bicyclic) bond motifs is 1. The van der Waals surface area contributed by atoms with Crippen molar-refractivity contribution >= 4 is 57.2 Å². The number of aliphatic imine (C=N–C) groups is 2. The number of rotatable bonds is 5. The van der Waals surface area contributed by atoms with Crippen LogP contribution in [0.3, 0.4) is 0 Å². The smallest absolute Gasteiger partial charge is 0.255 e. The van der Waals surface area contributed by atoms with Gasteiger partial charge in [0.2, 0.25) is 11.5 Å². The van der Waals surface area contributed by atoms with E-state index in [4.69, 9.17) is 22.9 Å². The van der Waals surface area contributed by atoms with Crippen LogP contribution in [0, 0.1) is 0 Å². The van der Waals surface area contributed by atoms with Crippen LogP contribution in [0.15, 0.2) is 89.0 Å². The van der Waals surface area contributed by atoms with Crippen molar-refractivity contribution in [2.24, 2.45) is 34.2 Å². The lowest BCUT2D eigenvalue weighted by Crippen LogP contribution is -2.28. The molecule has 176 valence electrons. The highest BCUT2D eigenvalue weighted by atomic mass is 16.1. The molecule has 0 aliphatic rings. The van der Waals surface area contributed by atoms with Crippen LogP contribution in [0.25, 0.3) is 10.9 Å². The van der Waals surface area contributed by atoms with Crippen molar-refractivity contribution in [3.05, 3.63) is 84.6 Å². The molecule has 10 heteroatoms. The number of nitrogens with one attached hydrogen (secondary N) is 2. The first-order chi connectivity index (χ1) is 16.8. The molecule has 4 aromatic rings. The zero-order valence-electron chi connectivity index (χ0n) is 19.1. The lowest BCUT2D eigenvalue weighted by molar-refractivity contribution is -0.644. The number of benzene rings is 3. The van der Waals surface area contributed by atoms with Crippen molar-refractivity contribution < 1.29 is 9.36 Å². The van der Waals surface area contributed by atoms with E-state index in [1.165, 1.54) is 0 Å². The highest BCUT2D eigenvalue weighted by Gasteiger charge is 2.11. The summed E-state index contributed by atoms with van der Waals surface area (Å²) in [5.74, 6) is -0.471. The summed E-state index contributed by atoms with van der Waals surface area (Å²) < 4.78 is 2.03. The Morgan fingerprint density at radius 1 is 0.886 bits per heavy atom. The first-order valence-electron chi connectivity index (χ1n) is 10.7. The molecule has 0 atom stereocenters. The largest absolute Gasteiger partial charge is 0.399 e. The second-order valence-corrected chi connectivity index (χ2v) is 7.83. The van der Waals surface area contributed by atoms with Gasteiger partial charge in [0.1, 0.15) is 7.05 Å². The van der Waals surface area contributed by atoms with Crippen LogP contribution in [-0.2, 0) is 7.05 Å². The number of guanidine groups is 2. The van der Waals surface area contributed by atoms with Crippen molar-refractivity contribution in [2.45, 2.75) is 0 Å². The molecular weight excluding hydrogens is 442 g/mol. The third-order valence-electron chi connectivity index (χ3n) is 5.19. The molecule has 35 heavy (non-hydrogen) atoms. The van der Waals surface area contributed by atoms with Gasteiger partial charge >= 0.3 is 0 Å². The van der Waals surface area contributed by atoms with Gasteiger partial charge < -0.3 is 33.6 Å². The molecule has 0 saturated heterocycles. The lowest BCUT2D eigenvalue weighted by Gasteiger charge is -2.10. The normalized spacial score (nSPS) is 11.2. The number of pyridine rings is 1. The van der Waals surface area contributed by atoms with Gasteiger partial charge in [0.25, 0.3) is 5.91 Å². The zero-order valence-corrected chi connectivity index (χ0v) is 19.1. The van der Waals surface area contributed by atoms with Gasteiger partial charge in [-0.15, -0.1) is 0 Å². The Hall–Kier alpha value is -5.12. The van der Waals surface area contributed by atoms with E-state index in [0.717, 1.165) is 22.3 Å². The Kier molecular flexibility index (Phi) is 6.45. The van der Waals surface area contributed by atoms with Crippen LogP contribution in [0.4, 0.5) is 28.4 Å². The number of carbonyl (C=O) groups excluding carboxylic acids is 1. The van der Waals surface area contributed by atoms with E-state index >= 15 is 0 Å². The number of nitrogens with two attached hydrogens (primary N) is 4. The maximum atomic E-state index is 12.7. The highest BCUT2D eigenvalue weighted by Crippen LogP contribution is 2.26. The van der Waals surface area contributed by atoms with Gasteiger partial charge in [-0.1, -0.05) is 0 Å². The lowest BCUT2D eigenvalue weighted by atomic mass is 10.1. The number of nitrogens with zero attached hydrogens (tertiary/aromatic N) is 3.